The number of carbonyl (C=O) groups excluding carboxylic acids is 1. The molecule has 2 amide bonds. The maximum absolute atomic E-state index is 12.3. The number of para-hydroxylation sites is 2. The third-order valence-electron chi connectivity index (χ3n) is 4.24. The molecule has 0 unspecified atom stereocenters. The van der Waals surface area contributed by atoms with E-state index < -0.39 is 6.10 Å². The van der Waals surface area contributed by atoms with Crippen molar-refractivity contribution in [3.8, 4) is 5.75 Å². The zero-order valence-electron chi connectivity index (χ0n) is 14.7. The Labute approximate surface area is 143 Å². The van der Waals surface area contributed by atoms with Crippen LogP contribution in [0.15, 0.2) is 24.3 Å². The summed E-state index contributed by atoms with van der Waals surface area (Å²) in [4.78, 5) is 18.3. The first-order valence-corrected chi connectivity index (χ1v) is 8.23. The highest BCUT2D eigenvalue weighted by atomic mass is 16.5. The summed E-state index contributed by atoms with van der Waals surface area (Å²) in [7, 11) is 5.34. The molecule has 1 aliphatic heterocycles. The third kappa shape index (κ3) is 5.36. The zero-order valence-corrected chi connectivity index (χ0v) is 14.7. The summed E-state index contributed by atoms with van der Waals surface area (Å²) in [5.41, 5.74) is 0.616. The molecule has 134 valence electrons. The largest absolute Gasteiger partial charge is 0.495 e. The van der Waals surface area contributed by atoms with Crippen molar-refractivity contribution in [1.29, 1.82) is 0 Å². The smallest absolute Gasteiger partial charge is 0.321 e. The van der Waals surface area contributed by atoms with E-state index in [9.17, 15) is 9.90 Å². The Morgan fingerprint density at radius 3 is 2.67 bits per heavy atom. The monoisotopic (exact) mass is 336 g/mol. The van der Waals surface area contributed by atoms with Gasteiger partial charge in [-0.3, -0.25) is 4.90 Å². The van der Waals surface area contributed by atoms with Crippen LogP contribution in [0.4, 0.5) is 10.5 Å². The minimum absolute atomic E-state index is 0.267. The highest BCUT2D eigenvalue weighted by Gasteiger charge is 2.20. The van der Waals surface area contributed by atoms with Crippen molar-refractivity contribution in [3.05, 3.63) is 24.3 Å². The van der Waals surface area contributed by atoms with Gasteiger partial charge in [-0.1, -0.05) is 12.1 Å². The van der Waals surface area contributed by atoms with Crippen LogP contribution in [0.5, 0.6) is 5.75 Å². The average Bonchev–Trinajstić information content (AvgIpc) is 2.57. The molecule has 24 heavy (non-hydrogen) atoms. The van der Waals surface area contributed by atoms with Gasteiger partial charge < -0.3 is 25.0 Å². The number of hydrogen-bond acceptors (Lipinski definition) is 5. The Hall–Kier alpha value is -1.83. The van der Waals surface area contributed by atoms with Crippen molar-refractivity contribution in [2.75, 3.05) is 65.8 Å². The van der Waals surface area contributed by atoms with E-state index >= 15 is 0 Å². The molecule has 1 aliphatic rings. The number of benzene rings is 1. The number of piperazine rings is 1. The fraction of sp³-hybridized carbons (Fsp3) is 0.588. The number of nitrogens with one attached hydrogen (secondary N) is 1. The maximum atomic E-state index is 12.3. The molecule has 0 spiro atoms. The van der Waals surface area contributed by atoms with Gasteiger partial charge in [0, 0.05) is 46.3 Å². The number of aliphatic hydroxyl groups excluding tert-OH is 1. The van der Waals surface area contributed by atoms with E-state index in [4.69, 9.17) is 4.74 Å². The normalized spacial score (nSPS) is 17.3. The van der Waals surface area contributed by atoms with Crippen LogP contribution in [0, 0.1) is 0 Å². The molecular formula is C17H28N4O3. The predicted octanol–water partition coefficient (Wildman–Crippen LogP) is 0.767. The van der Waals surface area contributed by atoms with Gasteiger partial charge in [-0.05, 0) is 19.2 Å². The quantitative estimate of drug-likeness (QED) is 0.803. The van der Waals surface area contributed by atoms with Crippen LogP contribution >= 0.6 is 0 Å². The van der Waals surface area contributed by atoms with Gasteiger partial charge in [-0.15, -0.1) is 0 Å². The van der Waals surface area contributed by atoms with Crippen molar-refractivity contribution >= 4 is 11.7 Å². The second kappa shape index (κ2) is 8.86. The third-order valence-corrected chi connectivity index (χ3v) is 4.24. The Morgan fingerprint density at radius 2 is 2.00 bits per heavy atom. The lowest BCUT2D eigenvalue weighted by Gasteiger charge is -2.34. The lowest BCUT2D eigenvalue weighted by Crippen LogP contribution is -2.49. The second-order valence-electron chi connectivity index (χ2n) is 6.27. The summed E-state index contributed by atoms with van der Waals surface area (Å²) >= 11 is 0. The molecule has 0 saturated carbocycles. The summed E-state index contributed by atoms with van der Waals surface area (Å²) in [5, 5.41) is 13.1. The van der Waals surface area contributed by atoms with Crippen LogP contribution in [0.1, 0.15) is 0 Å². The molecular weight excluding hydrogens is 308 g/mol. The number of anilines is 1. The number of likely N-dealkylation sites (N-methyl/N-ethyl adjacent to an activating group) is 2. The number of amides is 2. The molecule has 1 saturated heterocycles. The van der Waals surface area contributed by atoms with E-state index in [1.54, 1.807) is 26.3 Å². The molecule has 0 aromatic heterocycles. The van der Waals surface area contributed by atoms with Crippen LogP contribution in [0.2, 0.25) is 0 Å². The Bertz CT molecular complexity index is 532. The van der Waals surface area contributed by atoms with Gasteiger partial charge in [0.1, 0.15) is 5.75 Å². The Balaban J connectivity index is 1.80. The van der Waals surface area contributed by atoms with Crippen LogP contribution < -0.4 is 10.1 Å². The molecule has 7 heteroatoms. The SMILES string of the molecule is COc1ccccc1NC(=O)N(C)C[C@@H](O)CN1CCN(C)CC1. The van der Waals surface area contributed by atoms with Gasteiger partial charge in [0.15, 0.2) is 0 Å². The minimum Gasteiger partial charge on any atom is -0.495 e. The summed E-state index contributed by atoms with van der Waals surface area (Å²) in [6, 6.07) is 6.98. The standard InChI is InChI=1S/C17H28N4O3/c1-19-8-10-21(11-9-19)13-14(22)12-20(2)17(23)18-15-6-4-5-7-16(15)24-3/h4-7,14,22H,8-13H2,1-3H3,(H,18,23)/t14-/m1/s1. The van der Waals surface area contributed by atoms with E-state index in [0.29, 0.717) is 18.0 Å². The molecule has 1 fully saturated rings. The number of urea groups is 1. The van der Waals surface area contributed by atoms with E-state index in [1.165, 1.54) is 4.90 Å². The fourth-order valence-electron chi connectivity index (χ4n) is 2.74. The van der Waals surface area contributed by atoms with Gasteiger partial charge in [0.2, 0.25) is 0 Å². The van der Waals surface area contributed by atoms with E-state index in [-0.39, 0.29) is 12.6 Å². The molecule has 1 aromatic rings. The number of aliphatic hydroxyl groups is 1. The summed E-state index contributed by atoms with van der Waals surface area (Å²) < 4.78 is 5.22. The van der Waals surface area contributed by atoms with Crippen molar-refractivity contribution in [3.63, 3.8) is 0 Å². The average molecular weight is 336 g/mol. The molecule has 0 bridgehead atoms. The molecule has 1 atom stereocenters. The lowest BCUT2D eigenvalue weighted by atomic mass is 10.2. The zero-order chi connectivity index (χ0) is 17.5. The van der Waals surface area contributed by atoms with Gasteiger partial charge >= 0.3 is 6.03 Å². The fourth-order valence-corrected chi connectivity index (χ4v) is 2.74. The predicted molar refractivity (Wildman–Crippen MR) is 94.6 cm³/mol. The van der Waals surface area contributed by atoms with E-state index in [2.05, 4.69) is 22.2 Å². The Morgan fingerprint density at radius 1 is 1.33 bits per heavy atom. The highest BCUT2D eigenvalue weighted by Crippen LogP contribution is 2.23. The van der Waals surface area contributed by atoms with Crippen LogP contribution in [-0.4, -0.2) is 92.4 Å². The summed E-state index contributed by atoms with van der Waals surface area (Å²) in [6.07, 6.45) is -0.568. The van der Waals surface area contributed by atoms with Gasteiger partial charge in [0.05, 0.1) is 18.9 Å². The Kier molecular flexibility index (Phi) is 6.84. The molecule has 0 radical (unpaired) electrons. The number of methoxy groups -OCH3 is 1. The molecule has 7 nitrogen and oxygen atoms in total. The van der Waals surface area contributed by atoms with Gasteiger partial charge in [-0.2, -0.15) is 0 Å². The van der Waals surface area contributed by atoms with Crippen LogP contribution in [0.3, 0.4) is 0 Å². The number of ether oxygens (including phenoxy) is 1. The molecule has 1 heterocycles. The molecule has 1 aromatic carbocycles. The highest BCUT2D eigenvalue weighted by molar-refractivity contribution is 5.90. The first kappa shape index (κ1) is 18.5. The number of β-amino-alcohol motifs (C(OH)–C–C–N with tert-alkyl or cyclic N) is 1. The molecule has 0 aliphatic carbocycles. The maximum Gasteiger partial charge on any atom is 0.321 e. The number of nitrogens with zero attached hydrogens (tertiary/aromatic N) is 3. The van der Waals surface area contributed by atoms with Crippen molar-refractivity contribution in [1.82, 2.24) is 14.7 Å². The second-order valence-corrected chi connectivity index (χ2v) is 6.27. The minimum atomic E-state index is -0.568. The number of carbonyl (C=O) groups is 1. The topological polar surface area (TPSA) is 68.3 Å². The lowest BCUT2D eigenvalue weighted by molar-refractivity contribution is 0.0670. The first-order valence-electron chi connectivity index (χ1n) is 8.23. The molecule has 2 rings (SSSR count). The first-order chi connectivity index (χ1) is 11.5. The van der Waals surface area contributed by atoms with Gasteiger partial charge in [0.25, 0.3) is 0 Å². The van der Waals surface area contributed by atoms with Gasteiger partial charge in [-0.25, -0.2) is 4.79 Å². The van der Waals surface area contributed by atoms with Crippen molar-refractivity contribution in [2.24, 2.45) is 0 Å². The van der Waals surface area contributed by atoms with Crippen LogP contribution in [-0.2, 0) is 0 Å². The van der Waals surface area contributed by atoms with E-state index in [0.717, 1.165) is 26.2 Å². The van der Waals surface area contributed by atoms with E-state index in [1.807, 2.05) is 12.1 Å². The van der Waals surface area contributed by atoms with Crippen molar-refractivity contribution < 1.29 is 14.6 Å². The van der Waals surface area contributed by atoms with Crippen LogP contribution in [0.25, 0.3) is 0 Å². The number of rotatable bonds is 6. The molecule has 2 N–H and O–H groups in total. The van der Waals surface area contributed by atoms with Crippen molar-refractivity contribution in [2.45, 2.75) is 6.10 Å². The summed E-state index contributed by atoms with van der Waals surface area (Å²) in [6.45, 7) is 4.79. The summed E-state index contributed by atoms with van der Waals surface area (Å²) in [5.74, 6) is 0.609. The number of hydrogen-bond donors (Lipinski definition) is 2.